The monoisotopic (exact) mass is 643 g/mol. The molecule has 3 fully saturated rings. The lowest BCUT2D eigenvalue weighted by atomic mass is 9.82. The van der Waals surface area contributed by atoms with E-state index < -0.39 is 35.4 Å². The molecule has 2 N–H and O–H groups in total. The number of nitrogens with one attached hydrogen (secondary N) is 2. The van der Waals surface area contributed by atoms with Crippen LogP contribution in [0.2, 0.25) is 0 Å². The summed E-state index contributed by atoms with van der Waals surface area (Å²) in [6, 6.07) is 12.6. The fraction of sp³-hybridized carbons (Fsp3) is 0.457. The number of halogens is 1. The average Bonchev–Trinajstić information content (AvgIpc) is 4.01. The van der Waals surface area contributed by atoms with Gasteiger partial charge in [-0.15, -0.1) is 0 Å². The van der Waals surface area contributed by atoms with Gasteiger partial charge in [-0.2, -0.15) is 5.10 Å². The van der Waals surface area contributed by atoms with E-state index in [-0.39, 0.29) is 41.7 Å². The number of aryl methyl sites for hydroxylation is 1. The molecule has 1 aromatic heterocycles. The third-order valence-electron chi connectivity index (χ3n) is 9.91. The van der Waals surface area contributed by atoms with Crippen molar-refractivity contribution in [2.45, 2.75) is 63.2 Å². The third-order valence-corrected chi connectivity index (χ3v) is 9.91. The highest BCUT2D eigenvalue weighted by atomic mass is 19.1. The molecule has 7 rings (SSSR count). The second kappa shape index (κ2) is 12.5. The number of Topliss-reactive ketones (excluding diaryl/α,β-unsaturated/α-hetero) is 1. The highest BCUT2D eigenvalue weighted by Gasteiger charge is 2.49. The van der Waals surface area contributed by atoms with Crippen LogP contribution < -0.4 is 15.4 Å². The smallest absolute Gasteiger partial charge is 0.410 e. The molecular formula is C35H38FN5O6. The summed E-state index contributed by atoms with van der Waals surface area (Å²) in [5.41, 5.74) is 0.347. The van der Waals surface area contributed by atoms with Crippen molar-refractivity contribution in [2.75, 3.05) is 18.4 Å². The van der Waals surface area contributed by atoms with Crippen LogP contribution in [0.25, 0.3) is 0 Å². The third kappa shape index (κ3) is 6.59. The molecular weight excluding hydrogens is 605 g/mol. The first-order valence-corrected chi connectivity index (χ1v) is 16.3. The average molecular weight is 644 g/mol. The van der Waals surface area contributed by atoms with Crippen molar-refractivity contribution in [3.63, 3.8) is 0 Å². The number of benzene rings is 2. The van der Waals surface area contributed by atoms with Crippen molar-refractivity contribution >= 4 is 29.4 Å². The van der Waals surface area contributed by atoms with E-state index >= 15 is 4.39 Å². The van der Waals surface area contributed by atoms with Crippen molar-refractivity contribution in [1.82, 2.24) is 20.0 Å². The van der Waals surface area contributed by atoms with Crippen LogP contribution in [0.5, 0.6) is 5.75 Å². The highest BCUT2D eigenvalue weighted by Crippen LogP contribution is 2.51. The van der Waals surface area contributed by atoms with Crippen LogP contribution in [0.4, 0.5) is 14.9 Å². The fourth-order valence-electron chi connectivity index (χ4n) is 7.05. The zero-order chi connectivity index (χ0) is 32.7. The lowest BCUT2D eigenvalue weighted by Gasteiger charge is -2.43. The van der Waals surface area contributed by atoms with Crippen LogP contribution in [-0.4, -0.2) is 63.1 Å². The molecule has 3 heterocycles. The van der Waals surface area contributed by atoms with Gasteiger partial charge in [-0.3, -0.25) is 19.1 Å². The molecule has 3 amide bonds. The summed E-state index contributed by atoms with van der Waals surface area (Å²) in [5, 5.41) is 9.71. The van der Waals surface area contributed by atoms with Gasteiger partial charge in [0.1, 0.15) is 35.5 Å². The maximum atomic E-state index is 15.4. The number of carbonyl (C=O) groups excluding carboxylic acids is 4. The van der Waals surface area contributed by atoms with Crippen LogP contribution in [0.3, 0.4) is 0 Å². The Bertz CT molecular complexity index is 1680. The SMILES string of the molecule is Cn1nccc1C(=O)N[C@H](C(=O)Nc1cc2c(cc1F)C(=O)CC1(CCN(C(=O)OCc3ccccc3)CC1)O2)C(C1CC1)C1CC1. The molecule has 4 aliphatic rings. The molecule has 0 radical (unpaired) electrons. The van der Waals surface area contributed by atoms with Gasteiger partial charge in [0.05, 0.1) is 17.7 Å². The van der Waals surface area contributed by atoms with Gasteiger partial charge < -0.3 is 25.0 Å². The first kappa shape index (κ1) is 30.9. The van der Waals surface area contributed by atoms with E-state index in [4.69, 9.17) is 9.47 Å². The number of carbonyl (C=O) groups is 4. The quantitative estimate of drug-likeness (QED) is 0.340. The maximum absolute atomic E-state index is 15.4. The molecule has 11 nitrogen and oxygen atoms in total. The summed E-state index contributed by atoms with van der Waals surface area (Å²) in [6.07, 6.45) is 5.87. The van der Waals surface area contributed by atoms with E-state index in [1.54, 1.807) is 18.0 Å². The number of rotatable bonds is 9. The lowest BCUT2D eigenvalue weighted by molar-refractivity contribution is -0.119. The Hall–Kier alpha value is -4.74. The zero-order valence-corrected chi connectivity index (χ0v) is 26.2. The van der Waals surface area contributed by atoms with Gasteiger partial charge in [0.15, 0.2) is 5.78 Å². The van der Waals surface area contributed by atoms with Gasteiger partial charge in [0.2, 0.25) is 5.91 Å². The number of piperidine rings is 1. The summed E-state index contributed by atoms with van der Waals surface area (Å²) in [5.74, 6) is -1.18. The Morgan fingerprint density at radius 2 is 1.77 bits per heavy atom. The first-order chi connectivity index (χ1) is 22.7. The van der Waals surface area contributed by atoms with Gasteiger partial charge in [-0.1, -0.05) is 30.3 Å². The number of likely N-dealkylation sites (tertiary alicyclic amines) is 1. The van der Waals surface area contributed by atoms with Crippen LogP contribution in [0.15, 0.2) is 54.7 Å². The molecule has 2 aliphatic carbocycles. The summed E-state index contributed by atoms with van der Waals surface area (Å²) >= 11 is 0. The summed E-state index contributed by atoms with van der Waals surface area (Å²) in [7, 11) is 1.65. The molecule has 2 saturated carbocycles. The number of nitrogens with zero attached hydrogens (tertiary/aromatic N) is 3. The Morgan fingerprint density at radius 1 is 1.06 bits per heavy atom. The van der Waals surface area contributed by atoms with Crippen molar-refractivity contribution in [3.8, 4) is 5.75 Å². The van der Waals surface area contributed by atoms with Gasteiger partial charge in [-0.25, -0.2) is 9.18 Å². The van der Waals surface area contributed by atoms with E-state index in [0.717, 1.165) is 37.3 Å². The Labute approximate surface area is 271 Å². The molecule has 2 aliphatic heterocycles. The zero-order valence-electron chi connectivity index (χ0n) is 26.2. The van der Waals surface area contributed by atoms with Gasteiger partial charge in [0, 0.05) is 45.2 Å². The van der Waals surface area contributed by atoms with Crippen LogP contribution in [0, 0.1) is 23.6 Å². The van der Waals surface area contributed by atoms with Crippen molar-refractivity contribution in [2.24, 2.45) is 24.8 Å². The van der Waals surface area contributed by atoms with Gasteiger partial charge in [-0.05, 0) is 61.1 Å². The molecule has 0 unspecified atom stereocenters. The van der Waals surface area contributed by atoms with Crippen LogP contribution in [-0.2, 0) is 23.2 Å². The topological polar surface area (TPSA) is 132 Å². The summed E-state index contributed by atoms with van der Waals surface area (Å²) in [4.78, 5) is 54.6. The number of hydrogen-bond acceptors (Lipinski definition) is 7. The van der Waals surface area contributed by atoms with E-state index in [0.29, 0.717) is 43.5 Å². The fourth-order valence-corrected chi connectivity index (χ4v) is 7.05. The minimum Gasteiger partial charge on any atom is -0.486 e. The minimum absolute atomic E-state index is 0.0569. The Kier molecular flexibility index (Phi) is 8.19. The van der Waals surface area contributed by atoms with E-state index in [1.165, 1.54) is 16.9 Å². The largest absolute Gasteiger partial charge is 0.486 e. The predicted octanol–water partition coefficient (Wildman–Crippen LogP) is 4.87. The van der Waals surface area contributed by atoms with E-state index in [9.17, 15) is 19.2 Å². The Morgan fingerprint density at radius 3 is 2.40 bits per heavy atom. The van der Waals surface area contributed by atoms with Crippen LogP contribution >= 0.6 is 0 Å². The lowest BCUT2D eigenvalue weighted by Crippen LogP contribution is -2.52. The highest BCUT2D eigenvalue weighted by molar-refractivity contribution is 6.03. The number of aromatic nitrogens is 2. The molecule has 1 spiro atoms. The molecule has 1 saturated heterocycles. The summed E-state index contributed by atoms with van der Waals surface area (Å²) < 4.78 is 28.8. The number of ketones is 1. The molecule has 47 heavy (non-hydrogen) atoms. The van der Waals surface area contributed by atoms with Crippen molar-refractivity contribution < 1.29 is 33.0 Å². The summed E-state index contributed by atoms with van der Waals surface area (Å²) in [6.45, 7) is 0.839. The maximum Gasteiger partial charge on any atom is 0.410 e. The number of anilines is 1. The van der Waals surface area contributed by atoms with Crippen molar-refractivity contribution in [3.05, 3.63) is 77.4 Å². The molecule has 2 aromatic carbocycles. The molecule has 12 heteroatoms. The van der Waals surface area contributed by atoms with Gasteiger partial charge in [0.25, 0.3) is 5.91 Å². The first-order valence-electron chi connectivity index (χ1n) is 16.3. The van der Waals surface area contributed by atoms with Gasteiger partial charge >= 0.3 is 6.09 Å². The van der Waals surface area contributed by atoms with Crippen LogP contribution in [0.1, 0.15) is 71.4 Å². The van der Waals surface area contributed by atoms with Crippen molar-refractivity contribution in [1.29, 1.82) is 0 Å². The number of hydrogen-bond donors (Lipinski definition) is 2. The normalized spacial score (nSPS) is 19.1. The Balaban J connectivity index is 1.05. The van der Waals surface area contributed by atoms with E-state index in [2.05, 4.69) is 15.7 Å². The molecule has 246 valence electrons. The predicted molar refractivity (Wildman–Crippen MR) is 168 cm³/mol. The number of fused-ring (bicyclic) bond motifs is 1. The minimum atomic E-state index is -0.868. The molecule has 3 aromatic rings. The second-order valence-electron chi connectivity index (χ2n) is 13.3. The molecule has 1 atom stereocenters. The number of amides is 3. The molecule has 0 bridgehead atoms. The number of ether oxygens (including phenoxy) is 2. The second-order valence-corrected chi connectivity index (χ2v) is 13.3. The van der Waals surface area contributed by atoms with E-state index in [1.807, 2.05) is 30.3 Å². The standard InChI is InChI=1S/C35H38FN5O6/c1-40-27(11-14-37-40)32(43)39-31(30(22-7-8-22)23-9-10-23)33(44)38-26-18-29-24(17-25(26)36)28(42)19-35(47-29)12-15-41(16-13-35)34(45)46-20-21-5-3-2-4-6-21/h2-6,11,14,17-18,22-23,30-31H,7-10,12-13,15-16,19-20H2,1H3,(H,38,44)(H,39,43)/t31-/m0/s1.